The second-order valence-electron chi connectivity index (χ2n) is 11.3. The van der Waals surface area contributed by atoms with Gasteiger partial charge in [0, 0.05) is 32.1 Å². The molecule has 2 heterocycles. The van der Waals surface area contributed by atoms with Gasteiger partial charge in [-0.1, -0.05) is 0 Å². The van der Waals surface area contributed by atoms with E-state index in [9.17, 15) is 30.3 Å². The summed E-state index contributed by atoms with van der Waals surface area (Å²) in [6, 6.07) is -2.25. The first-order valence-corrected chi connectivity index (χ1v) is 13.7. The highest BCUT2D eigenvalue weighted by molar-refractivity contribution is 5.81. The smallest absolute Gasteiger partial charge is 0.250 e. The molecule has 6 unspecified atom stereocenters. The Morgan fingerprint density at radius 2 is 1.82 bits per heavy atom. The van der Waals surface area contributed by atoms with Gasteiger partial charge >= 0.3 is 0 Å². The van der Waals surface area contributed by atoms with Gasteiger partial charge in [-0.2, -0.15) is 0 Å². The molecule has 2 aliphatic heterocycles. The van der Waals surface area contributed by atoms with Crippen molar-refractivity contribution >= 4 is 5.91 Å². The van der Waals surface area contributed by atoms with Gasteiger partial charge in [0.1, 0.15) is 30.5 Å². The van der Waals surface area contributed by atoms with Crippen molar-refractivity contribution in [2.75, 3.05) is 32.8 Å². The molecule has 234 valence electrons. The summed E-state index contributed by atoms with van der Waals surface area (Å²) >= 11 is 0. The highest BCUT2D eigenvalue weighted by Gasteiger charge is 2.49. The fourth-order valence-corrected chi connectivity index (χ4v) is 5.17. The Labute approximate surface area is 233 Å². The molecule has 16 nitrogen and oxygen atoms in total. The number of amides is 1. The molecule has 0 radical (unpaired) electrons. The normalized spacial score (nSPS) is 42.2. The van der Waals surface area contributed by atoms with Gasteiger partial charge in [0.05, 0.1) is 43.1 Å². The summed E-state index contributed by atoms with van der Waals surface area (Å²) < 4.78 is 23.6. The molecule has 0 aromatic heterocycles. The van der Waals surface area contributed by atoms with Gasteiger partial charge in [0.2, 0.25) is 5.91 Å². The predicted molar refractivity (Wildman–Crippen MR) is 138 cm³/mol. The van der Waals surface area contributed by atoms with Gasteiger partial charge in [-0.3, -0.25) is 4.79 Å². The molecule has 2 saturated heterocycles. The average Bonchev–Trinajstić information content (AvgIpc) is 2.90. The Bertz CT molecular complexity index is 798. The van der Waals surface area contributed by atoms with E-state index in [1.807, 2.05) is 0 Å². The molecule has 0 bridgehead atoms. The number of hydrogen-bond acceptors (Lipinski definition) is 15. The van der Waals surface area contributed by atoms with Crippen molar-refractivity contribution in [3.63, 3.8) is 0 Å². The third kappa shape index (κ3) is 8.95. The predicted octanol–water partition coefficient (Wildman–Crippen LogP) is -5.71. The SMILES string of the molecule is CC1(O)CO[C@H](OC2C(O)C(O[C@H]3O[C@H](CNC[C@@H](O)CO)CCC3N)[C@@H](N)C[C@H]2NC(=O)[C@@H](O)CN)C(O)C1. The fraction of sp³-hybridized carbons (Fsp3) is 0.958. The maximum Gasteiger partial charge on any atom is 0.250 e. The summed E-state index contributed by atoms with van der Waals surface area (Å²) in [4.78, 5) is 12.4. The van der Waals surface area contributed by atoms with Crippen LogP contribution in [0.2, 0.25) is 0 Å². The van der Waals surface area contributed by atoms with Crippen LogP contribution in [-0.2, 0) is 23.7 Å². The van der Waals surface area contributed by atoms with Gasteiger partial charge in [0.25, 0.3) is 0 Å². The zero-order valence-electron chi connectivity index (χ0n) is 22.7. The Morgan fingerprint density at radius 1 is 1.12 bits per heavy atom. The second kappa shape index (κ2) is 14.9. The van der Waals surface area contributed by atoms with Crippen molar-refractivity contribution in [2.45, 2.75) is 112 Å². The summed E-state index contributed by atoms with van der Waals surface area (Å²) in [6.45, 7) is 1.23. The highest BCUT2D eigenvalue weighted by atomic mass is 16.7. The van der Waals surface area contributed by atoms with E-state index in [4.69, 9.17) is 41.3 Å². The molecule has 40 heavy (non-hydrogen) atoms. The molecule has 14 N–H and O–H groups in total. The number of hydrogen-bond donors (Lipinski definition) is 11. The number of carbonyl (C=O) groups excluding carboxylic acids is 1. The Balaban J connectivity index is 1.71. The average molecular weight is 582 g/mol. The monoisotopic (exact) mass is 581 g/mol. The third-order valence-electron chi connectivity index (χ3n) is 7.44. The quantitative estimate of drug-likeness (QED) is 0.102. The summed E-state index contributed by atoms with van der Waals surface area (Å²) in [5, 5.41) is 66.1. The van der Waals surface area contributed by atoms with Crippen LogP contribution in [0.15, 0.2) is 0 Å². The number of aliphatic hydroxyl groups is 6. The Hall–Kier alpha value is -1.09. The first-order chi connectivity index (χ1) is 18.8. The molecule has 0 aromatic carbocycles. The molecule has 1 amide bonds. The summed E-state index contributed by atoms with van der Waals surface area (Å²) in [7, 11) is 0. The van der Waals surface area contributed by atoms with E-state index in [0.717, 1.165) is 0 Å². The molecule has 1 aliphatic carbocycles. The van der Waals surface area contributed by atoms with Crippen molar-refractivity contribution in [1.82, 2.24) is 10.6 Å². The van der Waals surface area contributed by atoms with Crippen LogP contribution in [0.3, 0.4) is 0 Å². The van der Waals surface area contributed by atoms with Gasteiger partial charge in [-0.15, -0.1) is 0 Å². The molecular weight excluding hydrogens is 534 g/mol. The van der Waals surface area contributed by atoms with E-state index in [2.05, 4.69) is 10.6 Å². The van der Waals surface area contributed by atoms with Crippen LogP contribution < -0.4 is 27.8 Å². The maximum atomic E-state index is 12.4. The van der Waals surface area contributed by atoms with Gasteiger partial charge in [0.15, 0.2) is 12.6 Å². The lowest BCUT2D eigenvalue weighted by Gasteiger charge is -2.47. The number of rotatable bonds is 12. The van der Waals surface area contributed by atoms with Crippen LogP contribution in [0, 0.1) is 0 Å². The number of carbonyl (C=O) groups is 1. The number of nitrogens with two attached hydrogens (primary N) is 3. The molecule has 0 aromatic rings. The van der Waals surface area contributed by atoms with Crippen molar-refractivity contribution in [3.8, 4) is 0 Å². The van der Waals surface area contributed by atoms with Crippen molar-refractivity contribution < 1.29 is 54.4 Å². The maximum absolute atomic E-state index is 12.4. The Morgan fingerprint density at radius 3 is 2.48 bits per heavy atom. The van der Waals surface area contributed by atoms with E-state index < -0.39 is 78.8 Å². The van der Waals surface area contributed by atoms with Gasteiger partial charge < -0.3 is 77.4 Å². The zero-order chi connectivity index (χ0) is 29.6. The second-order valence-corrected chi connectivity index (χ2v) is 11.3. The van der Waals surface area contributed by atoms with Gasteiger partial charge in [-0.05, 0) is 26.2 Å². The standard InChI is InChI=1S/C24H47N5O11/c1-24(36)5-16(32)23(37-10-24)40-20-15(29-21(35)17(33)6-25)4-14(27)19(18(20)34)39-22-13(26)3-2-12(38-22)8-28-7-11(31)9-30/h11-20,22-23,28,30-34,36H,2-10,25-27H2,1H3,(H,29,35)/t11-,12+,13?,14+,15-,16?,17+,18?,19?,20?,22-,23-,24?/m1/s1. The highest BCUT2D eigenvalue weighted by Crippen LogP contribution is 2.32. The van der Waals surface area contributed by atoms with Crippen molar-refractivity contribution in [3.05, 3.63) is 0 Å². The minimum Gasteiger partial charge on any atom is -0.394 e. The number of ether oxygens (including phenoxy) is 4. The van der Waals surface area contributed by atoms with E-state index in [0.29, 0.717) is 19.4 Å². The fourth-order valence-electron chi connectivity index (χ4n) is 5.17. The lowest BCUT2D eigenvalue weighted by molar-refractivity contribution is -0.302. The molecule has 16 heteroatoms. The van der Waals surface area contributed by atoms with Crippen LogP contribution in [-0.4, -0.2) is 148 Å². The van der Waals surface area contributed by atoms with Crippen molar-refractivity contribution in [1.29, 1.82) is 0 Å². The summed E-state index contributed by atoms with van der Waals surface area (Å²) in [6.07, 6.45) is -8.63. The van der Waals surface area contributed by atoms with E-state index in [1.165, 1.54) is 6.92 Å². The van der Waals surface area contributed by atoms with E-state index in [-0.39, 0.29) is 45.2 Å². The molecule has 3 aliphatic rings. The van der Waals surface area contributed by atoms with Gasteiger partial charge in [-0.25, -0.2) is 0 Å². The lowest BCUT2D eigenvalue weighted by Crippen LogP contribution is -2.67. The Kier molecular flexibility index (Phi) is 12.4. The molecule has 13 atom stereocenters. The van der Waals surface area contributed by atoms with Crippen LogP contribution >= 0.6 is 0 Å². The largest absolute Gasteiger partial charge is 0.394 e. The van der Waals surface area contributed by atoms with Crippen molar-refractivity contribution in [2.24, 2.45) is 17.2 Å². The number of aliphatic hydroxyl groups excluding tert-OH is 5. The molecule has 0 spiro atoms. The first kappa shape index (κ1) is 33.4. The molecule has 3 fully saturated rings. The molecular formula is C24H47N5O11. The van der Waals surface area contributed by atoms with Crippen LogP contribution in [0.1, 0.15) is 32.6 Å². The van der Waals surface area contributed by atoms with E-state index >= 15 is 0 Å². The number of nitrogens with one attached hydrogen (secondary N) is 2. The minimum atomic E-state index is -1.49. The molecule has 1 saturated carbocycles. The van der Waals surface area contributed by atoms with Crippen LogP contribution in [0.25, 0.3) is 0 Å². The lowest BCUT2D eigenvalue weighted by atomic mass is 9.83. The zero-order valence-corrected chi connectivity index (χ0v) is 22.7. The summed E-state index contributed by atoms with van der Waals surface area (Å²) in [5.74, 6) is -0.785. The third-order valence-corrected chi connectivity index (χ3v) is 7.44. The topological polar surface area (TPSA) is 277 Å². The summed E-state index contributed by atoms with van der Waals surface area (Å²) in [5.41, 5.74) is 16.7. The van der Waals surface area contributed by atoms with Crippen LogP contribution in [0.5, 0.6) is 0 Å². The van der Waals surface area contributed by atoms with Crippen LogP contribution in [0.4, 0.5) is 0 Å². The van der Waals surface area contributed by atoms with E-state index in [1.54, 1.807) is 0 Å². The molecule has 3 rings (SSSR count). The first-order valence-electron chi connectivity index (χ1n) is 13.7. The minimum absolute atomic E-state index is 0.0433.